The number of hydrogen-bond acceptors (Lipinski definition) is 5. The van der Waals surface area contributed by atoms with Crippen LogP contribution in [0, 0.1) is 17.1 Å². The van der Waals surface area contributed by atoms with Gasteiger partial charge in [0.15, 0.2) is 9.84 Å². The lowest BCUT2D eigenvalue weighted by molar-refractivity contribution is -0.140. The number of carbonyl (C=O) groups excluding carboxylic acids is 2. The average molecular weight is 550 g/mol. The fraction of sp³-hybridized carbons (Fsp3) is 0.400. The van der Waals surface area contributed by atoms with Gasteiger partial charge in [0.05, 0.1) is 26.7 Å². The van der Waals surface area contributed by atoms with Gasteiger partial charge in [0.1, 0.15) is 17.4 Å². The first-order chi connectivity index (χ1) is 17.0. The van der Waals surface area contributed by atoms with Crippen molar-refractivity contribution in [3.05, 3.63) is 63.9 Å². The maximum atomic E-state index is 14.1. The van der Waals surface area contributed by atoms with Crippen LogP contribution in [0.1, 0.15) is 37.7 Å². The van der Waals surface area contributed by atoms with Gasteiger partial charge in [-0.25, -0.2) is 12.8 Å². The number of rotatable bonds is 6. The molecule has 0 bridgehead atoms. The molecule has 0 radical (unpaired) electrons. The molecule has 5 rings (SSSR count). The van der Waals surface area contributed by atoms with E-state index in [0.717, 1.165) is 0 Å². The van der Waals surface area contributed by atoms with E-state index >= 15 is 0 Å². The van der Waals surface area contributed by atoms with E-state index in [0.29, 0.717) is 31.2 Å². The summed E-state index contributed by atoms with van der Waals surface area (Å²) in [7, 11) is -4.00. The molecule has 2 aromatic rings. The lowest BCUT2D eigenvalue weighted by Crippen LogP contribution is -2.51. The van der Waals surface area contributed by atoms with Gasteiger partial charge in [0.25, 0.3) is 0 Å². The monoisotopic (exact) mass is 549 g/mol. The van der Waals surface area contributed by atoms with E-state index in [2.05, 4.69) is 11.4 Å². The minimum Gasteiger partial charge on any atom is -0.336 e. The lowest BCUT2D eigenvalue weighted by atomic mass is 9.93. The van der Waals surface area contributed by atoms with Crippen LogP contribution in [-0.2, 0) is 24.8 Å². The van der Waals surface area contributed by atoms with E-state index in [4.69, 9.17) is 23.2 Å². The molecule has 2 atom stereocenters. The van der Waals surface area contributed by atoms with Crippen LogP contribution in [-0.4, -0.2) is 48.5 Å². The number of nitrogens with zero attached hydrogens (tertiary/aromatic N) is 2. The molecule has 36 heavy (non-hydrogen) atoms. The van der Waals surface area contributed by atoms with E-state index in [1.165, 1.54) is 35.2 Å². The predicted molar refractivity (Wildman–Crippen MR) is 131 cm³/mol. The van der Waals surface area contributed by atoms with Crippen molar-refractivity contribution in [3.63, 3.8) is 0 Å². The summed E-state index contributed by atoms with van der Waals surface area (Å²) in [4.78, 5) is 28.4. The van der Waals surface area contributed by atoms with Crippen LogP contribution >= 0.6 is 23.2 Å². The molecular weight excluding hydrogens is 528 g/mol. The molecule has 11 heteroatoms. The molecule has 0 spiro atoms. The third-order valence-corrected chi connectivity index (χ3v) is 10.3. The Labute approximate surface area is 218 Å². The minimum atomic E-state index is -4.00. The molecule has 1 aliphatic heterocycles. The first-order valence-electron chi connectivity index (χ1n) is 11.5. The van der Waals surface area contributed by atoms with Gasteiger partial charge in [-0.05, 0) is 68.0 Å². The first-order valence-corrected chi connectivity index (χ1v) is 13.8. The summed E-state index contributed by atoms with van der Waals surface area (Å²) >= 11 is 12.5. The van der Waals surface area contributed by atoms with Gasteiger partial charge < -0.3 is 10.2 Å². The normalized spacial score (nSPS) is 23.6. The number of carbonyl (C=O) groups is 2. The highest BCUT2D eigenvalue weighted by Crippen LogP contribution is 2.53. The molecular formula is C25H22Cl2FN3O4S. The maximum Gasteiger partial charge on any atom is 0.244 e. The third kappa shape index (κ3) is 4.15. The van der Waals surface area contributed by atoms with E-state index in [-0.39, 0.29) is 27.9 Å². The number of sulfone groups is 1. The number of likely N-dealkylation sites (tertiary alicyclic amines) is 1. The average Bonchev–Trinajstić information content (AvgIpc) is 3.77. The van der Waals surface area contributed by atoms with Gasteiger partial charge in [0.2, 0.25) is 11.8 Å². The number of benzene rings is 2. The van der Waals surface area contributed by atoms with Crippen molar-refractivity contribution >= 4 is 44.9 Å². The number of hydrogen-bond donors (Lipinski definition) is 1. The quantitative estimate of drug-likeness (QED) is 0.589. The molecule has 1 saturated heterocycles. The van der Waals surface area contributed by atoms with Crippen LogP contribution in [0.2, 0.25) is 10.0 Å². The van der Waals surface area contributed by atoms with Crippen LogP contribution in [0.25, 0.3) is 0 Å². The summed E-state index contributed by atoms with van der Waals surface area (Å²) < 4.78 is 41.1. The first kappa shape index (κ1) is 25.0. The maximum absolute atomic E-state index is 14.1. The molecule has 1 N–H and O–H groups in total. The second kappa shape index (κ2) is 8.72. The number of halogens is 3. The highest BCUT2D eigenvalue weighted by Gasteiger charge is 2.58. The van der Waals surface area contributed by atoms with Crippen LogP contribution in [0.4, 0.5) is 4.39 Å². The van der Waals surface area contributed by atoms with Gasteiger partial charge in [-0.2, -0.15) is 5.26 Å². The van der Waals surface area contributed by atoms with Gasteiger partial charge in [0, 0.05) is 11.6 Å². The molecule has 1 heterocycles. The SMILES string of the molecule is N#CC1(NC(=O)[C@@H]2C[C@@H](S(=O)(=O)c3ccccc3Cl)CN2C(=O)C2(c3cc(F)ccc3Cl)CC2)CC1. The van der Waals surface area contributed by atoms with Gasteiger partial charge >= 0.3 is 0 Å². The Hall–Kier alpha value is -2.67. The number of nitriles is 1. The zero-order valence-electron chi connectivity index (χ0n) is 19.0. The smallest absolute Gasteiger partial charge is 0.244 e. The van der Waals surface area contributed by atoms with E-state index in [1.807, 2.05) is 0 Å². The second-order valence-electron chi connectivity index (χ2n) is 9.70. The van der Waals surface area contributed by atoms with Gasteiger partial charge in [-0.1, -0.05) is 35.3 Å². The van der Waals surface area contributed by atoms with Crippen molar-refractivity contribution in [1.82, 2.24) is 10.2 Å². The van der Waals surface area contributed by atoms with Gasteiger partial charge in [-0.3, -0.25) is 9.59 Å². The topological polar surface area (TPSA) is 107 Å². The third-order valence-electron chi connectivity index (χ3n) is 7.34. The summed E-state index contributed by atoms with van der Waals surface area (Å²) in [6, 6.07) is 10.8. The van der Waals surface area contributed by atoms with Gasteiger partial charge in [-0.15, -0.1) is 0 Å². The lowest BCUT2D eigenvalue weighted by Gasteiger charge is -2.29. The van der Waals surface area contributed by atoms with Crippen LogP contribution in [0.3, 0.4) is 0 Å². The Morgan fingerprint density at radius 1 is 1.08 bits per heavy atom. The summed E-state index contributed by atoms with van der Waals surface area (Å²) in [6.45, 7) is -0.237. The summed E-state index contributed by atoms with van der Waals surface area (Å²) in [5, 5.41) is 11.3. The molecule has 2 amide bonds. The Morgan fingerprint density at radius 2 is 1.78 bits per heavy atom. The fourth-order valence-corrected chi connectivity index (χ4v) is 7.44. The van der Waals surface area contributed by atoms with E-state index in [9.17, 15) is 27.7 Å². The van der Waals surface area contributed by atoms with E-state index < -0.39 is 49.7 Å². The number of amides is 2. The molecule has 0 unspecified atom stereocenters. The van der Waals surface area contributed by atoms with Crippen molar-refractivity contribution in [2.45, 2.75) is 59.2 Å². The molecule has 2 aliphatic carbocycles. The Kier molecular flexibility index (Phi) is 6.05. The Balaban J connectivity index is 1.50. The number of nitrogens with one attached hydrogen (secondary N) is 1. The summed E-state index contributed by atoms with van der Waals surface area (Å²) in [5.41, 5.74) is -1.80. The van der Waals surface area contributed by atoms with E-state index in [1.54, 1.807) is 12.1 Å². The van der Waals surface area contributed by atoms with Crippen molar-refractivity contribution in [2.75, 3.05) is 6.54 Å². The fourth-order valence-electron chi connectivity index (χ4n) is 4.92. The summed E-state index contributed by atoms with van der Waals surface area (Å²) in [6.07, 6.45) is 1.60. The molecule has 2 aromatic carbocycles. The van der Waals surface area contributed by atoms with Crippen molar-refractivity contribution in [1.29, 1.82) is 5.26 Å². The second-order valence-corrected chi connectivity index (χ2v) is 12.7. The largest absolute Gasteiger partial charge is 0.336 e. The Bertz CT molecular complexity index is 1420. The molecule has 3 aliphatic rings. The van der Waals surface area contributed by atoms with Crippen LogP contribution in [0.15, 0.2) is 47.4 Å². The van der Waals surface area contributed by atoms with Crippen LogP contribution < -0.4 is 5.32 Å². The zero-order valence-corrected chi connectivity index (χ0v) is 21.3. The predicted octanol–water partition coefficient (Wildman–Crippen LogP) is 3.78. The summed E-state index contributed by atoms with van der Waals surface area (Å²) in [5.74, 6) is -1.61. The molecule has 7 nitrogen and oxygen atoms in total. The molecule has 3 fully saturated rings. The van der Waals surface area contributed by atoms with Crippen molar-refractivity contribution < 1.29 is 22.4 Å². The molecule has 0 aromatic heterocycles. The minimum absolute atomic E-state index is 0.0508. The Morgan fingerprint density at radius 3 is 2.39 bits per heavy atom. The molecule has 2 saturated carbocycles. The highest BCUT2D eigenvalue weighted by molar-refractivity contribution is 7.92. The van der Waals surface area contributed by atoms with Crippen LogP contribution in [0.5, 0.6) is 0 Å². The standard InChI is InChI=1S/C25H22Cl2FN3O4S/c26-18-6-5-15(28)11-17(18)25(9-10-25)23(33)31-13-16(36(34,35)21-4-2-1-3-19(21)27)12-20(31)22(32)30-24(14-29)7-8-24/h1-6,11,16,20H,7-10,12-13H2,(H,30,32)/t16-,20+/m1/s1. The molecule has 188 valence electrons. The zero-order chi connectivity index (χ0) is 25.9. The highest BCUT2D eigenvalue weighted by atomic mass is 35.5. The van der Waals surface area contributed by atoms with Crippen molar-refractivity contribution in [3.8, 4) is 6.07 Å². The van der Waals surface area contributed by atoms with Crippen molar-refractivity contribution in [2.24, 2.45) is 0 Å².